The van der Waals surface area contributed by atoms with E-state index in [9.17, 15) is 0 Å². The Kier molecular flexibility index (Phi) is 1.57. The molecule has 0 aliphatic heterocycles. The van der Waals surface area contributed by atoms with E-state index in [1.165, 1.54) is 30.6 Å². The van der Waals surface area contributed by atoms with E-state index in [-0.39, 0.29) is 5.41 Å². The van der Waals surface area contributed by atoms with Crippen LogP contribution in [0.3, 0.4) is 0 Å². The van der Waals surface area contributed by atoms with Gasteiger partial charge in [0.25, 0.3) is 0 Å². The summed E-state index contributed by atoms with van der Waals surface area (Å²) in [5.74, 6) is 2.29. The smallest absolute Gasteiger partial charge is 0.112 e. The monoisotopic (exact) mass is 164 g/mol. The number of fused-ring (bicyclic) bond motifs is 1. The number of furan rings is 1. The van der Waals surface area contributed by atoms with E-state index < -0.39 is 0 Å². The molecule has 0 radical (unpaired) electrons. The van der Waals surface area contributed by atoms with Gasteiger partial charge in [0.1, 0.15) is 11.5 Å². The third kappa shape index (κ3) is 1.08. The Morgan fingerprint density at radius 3 is 2.83 bits per heavy atom. The first kappa shape index (κ1) is 7.90. The molecule has 1 nitrogen and oxygen atoms in total. The van der Waals surface area contributed by atoms with Crippen molar-refractivity contribution in [1.29, 1.82) is 0 Å². The molecule has 1 aliphatic carbocycles. The van der Waals surface area contributed by atoms with Crippen LogP contribution in [0.15, 0.2) is 10.5 Å². The highest BCUT2D eigenvalue weighted by molar-refractivity contribution is 5.29. The van der Waals surface area contributed by atoms with Crippen molar-refractivity contribution >= 4 is 0 Å². The van der Waals surface area contributed by atoms with Crippen LogP contribution in [0, 0.1) is 6.92 Å². The maximum atomic E-state index is 5.72. The maximum absolute atomic E-state index is 5.72. The van der Waals surface area contributed by atoms with Gasteiger partial charge in [0.2, 0.25) is 0 Å². The van der Waals surface area contributed by atoms with Gasteiger partial charge in [0, 0.05) is 5.41 Å². The molecule has 0 bridgehead atoms. The third-order valence-corrected chi connectivity index (χ3v) is 2.79. The van der Waals surface area contributed by atoms with Crippen molar-refractivity contribution in [1.82, 2.24) is 0 Å². The van der Waals surface area contributed by atoms with Crippen LogP contribution in [0.4, 0.5) is 0 Å². The molecule has 0 N–H and O–H groups in total. The average molecular weight is 164 g/mol. The highest BCUT2D eigenvalue weighted by atomic mass is 16.3. The van der Waals surface area contributed by atoms with Gasteiger partial charge in [-0.05, 0) is 37.8 Å². The molecule has 0 aromatic carbocycles. The van der Waals surface area contributed by atoms with Gasteiger partial charge in [-0.3, -0.25) is 0 Å². The molecule has 1 heteroatoms. The second-order valence-corrected chi connectivity index (χ2v) is 4.45. The molecule has 0 saturated carbocycles. The van der Waals surface area contributed by atoms with Crippen molar-refractivity contribution in [3.63, 3.8) is 0 Å². The Morgan fingerprint density at radius 1 is 1.42 bits per heavy atom. The van der Waals surface area contributed by atoms with Gasteiger partial charge in [-0.2, -0.15) is 0 Å². The molecule has 0 unspecified atom stereocenters. The Hall–Kier alpha value is -0.720. The Bertz CT molecular complexity index is 294. The predicted molar refractivity (Wildman–Crippen MR) is 49.4 cm³/mol. The SMILES string of the molecule is Cc1cc2c(o1)C(C)(C)CCC2. The zero-order chi connectivity index (χ0) is 8.77. The van der Waals surface area contributed by atoms with Crippen molar-refractivity contribution in [2.75, 3.05) is 0 Å². The van der Waals surface area contributed by atoms with Crippen LogP contribution in [0.25, 0.3) is 0 Å². The van der Waals surface area contributed by atoms with Crippen molar-refractivity contribution in [2.45, 2.75) is 45.4 Å². The molecule has 1 aromatic rings. The van der Waals surface area contributed by atoms with E-state index in [1.54, 1.807) is 0 Å². The van der Waals surface area contributed by atoms with Gasteiger partial charge in [0.05, 0.1) is 0 Å². The van der Waals surface area contributed by atoms with E-state index in [2.05, 4.69) is 19.9 Å². The lowest BCUT2D eigenvalue weighted by Gasteiger charge is -2.27. The van der Waals surface area contributed by atoms with Gasteiger partial charge < -0.3 is 4.42 Å². The molecule has 66 valence electrons. The topological polar surface area (TPSA) is 13.1 Å². The van der Waals surface area contributed by atoms with Crippen LogP contribution in [0.5, 0.6) is 0 Å². The van der Waals surface area contributed by atoms with E-state index in [4.69, 9.17) is 4.42 Å². The summed E-state index contributed by atoms with van der Waals surface area (Å²) in [6.07, 6.45) is 3.77. The highest BCUT2D eigenvalue weighted by Crippen LogP contribution is 2.38. The standard InChI is InChI=1S/C11H16O/c1-8-7-9-5-4-6-11(2,3)10(9)12-8/h7H,4-6H2,1-3H3. The minimum absolute atomic E-state index is 0.266. The average Bonchev–Trinajstić information content (AvgIpc) is 2.30. The fourth-order valence-corrected chi connectivity index (χ4v) is 2.16. The maximum Gasteiger partial charge on any atom is 0.112 e. The van der Waals surface area contributed by atoms with Crippen LogP contribution in [0.1, 0.15) is 43.8 Å². The second-order valence-electron chi connectivity index (χ2n) is 4.45. The first-order chi connectivity index (χ1) is 5.59. The van der Waals surface area contributed by atoms with E-state index in [0.29, 0.717) is 0 Å². The van der Waals surface area contributed by atoms with Gasteiger partial charge in [-0.25, -0.2) is 0 Å². The molecule has 1 heterocycles. The van der Waals surface area contributed by atoms with E-state index >= 15 is 0 Å². The minimum Gasteiger partial charge on any atom is -0.466 e. The highest BCUT2D eigenvalue weighted by Gasteiger charge is 2.30. The van der Waals surface area contributed by atoms with Crippen molar-refractivity contribution < 1.29 is 4.42 Å². The van der Waals surface area contributed by atoms with Gasteiger partial charge in [-0.15, -0.1) is 0 Å². The Morgan fingerprint density at radius 2 is 2.17 bits per heavy atom. The summed E-state index contributed by atoms with van der Waals surface area (Å²) >= 11 is 0. The van der Waals surface area contributed by atoms with Crippen LogP contribution in [-0.2, 0) is 11.8 Å². The first-order valence-electron chi connectivity index (χ1n) is 4.69. The van der Waals surface area contributed by atoms with Crippen LogP contribution >= 0.6 is 0 Å². The molecular weight excluding hydrogens is 148 g/mol. The van der Waals surface area contributed by atoms with Gasteiger partial charge >= 0.3 is 0 Å². The molecular formula is C11H16O. The summed E-state index contributed by atoms with van der Waals surface area (Å²) in [5.41, 5.74) is 1.70. The first-order valence-corrected chi connectivity index (χ1v) is 4.69. The quantitative estimate of drug-likeness (QED) is 0.574. The molecule has 12 heavy (non-hydrogen) atoms. The number of hydrogen-bond acceptors (Lipinski definition) is 1. The van der Waals surface area contributed by atoms with Crippen molar-refractivity contribution in [2.24, 2.45) is 0 Å². The summed E-state index contributed by atoms with van der Waals surface area (Å²) in [7, 11) is 0. The Balaban J connectivity index is 2.51. The fourth-order valence-electron chi connectivity index (χ4n) is 2.16. The lowest BCUT2D eigenvalue weighted by molar-refractivity contribution is 0.328. The number of rotatable bonds is 0. The van der Waals surface area contributed by atoms with Crippen molar-refractivity contribution in [3.8, 4) is 0 Å². The van der Waals surface area contributed by atoms with Gasteiger partial charge in [-0.1, -0.05) is 13.8 Å². The summed E-state index contributed by atoms with van der Waals surface area (Å²) in [4.78, 5) is 0. The largest absolute Gasteiger partial charge is 0.466 e. The lowest BCUT2D eigenvalue weighted by Crippen LogP contribution is -2.22. The van der Waals surface area contributed by atoms with E-state index in [1.807, 2.05) is 6.92 Å². The molecule has 0 atom stereocenters. The molecule has 0 amide bonds. The van der Waals surface area contributed by atoms with E-state index in [0.717, 1.165) is 5.76 Å². The zero-order valence-corrected chi connectivity index (χ0v) is 8.11. The number of hydrogen-bond donors (Lipinski definition) is 0. The second kappa shape index (κ2) is 2.38. The normalized spacial score (nSPS) is 20.6. The molecule has 0 fully saturated rings. The van der Waals surface area contributed by atoms with Crippen molar-refractivity contribution in [3.05, 3.63) is 23.2 Å². The zero-order valence-electron chi connectivity index (χ0n) is 8.11. The molecule has 2 rings (SSSR count). The minimum atomic E-state index is 0.266. The predicted octanol–water partition coefficient (Wildman–Crippen LogP) is 3.20. The lowest BCUT2D eigenvalue weighted by atomic mass is 9.77. The van der Waals surface area contributed by atoms with Gasteiger partial charge in [0.15, 0.2) is 0 Å². The molecule has 1 aliphatic rings. The molecule has 1 aromatic heterocycles. The molecule has 0 spiro atoms. The number of aryl methyl sites for hydroxylation is 2. The molecule has 0 saturated heterocycles. The van der Waals surface area contributed by atoms with Crippen LogP contribution < -0.4 is 0 Å². The summed E-state index contributed by atoms with van der Waals surface area (Å²) in [6, 6.07) is 2.19. The summed E-state index contributed by atoms with van der Waals surface area (Å²) in [5, 5.41) is 0. The van der Waals surface area contributed by atoms with Crippen LogP contribution in [-0.4, -0.2) is 0 Å². The summed E-state index contributed by atoms with van der Waals surface area (Å²) < 4.78 is 5.72. The summed E-state index contributed by atoms with van der Waals surface area (Å²) in [6.45, 7) is 6.58. The van der Waals surface area contributed by atoms with Crippen LogP contribution in [0.2, 0.25) is 0 Å². The Labute approximate surface area is 73.8 Å². The third-order valence-electron chi connectivity index (χ3n) is 2.79. The fraction of sp³-hybridized carbons (Fsp3) is 0.636.